The van der Waals surface area contributed by atoms with E-state index < -0.39 is 0 Å². The molecule has 3 nitrogen and oxygen atoms in total. The highest BCUT2D eigenvalue weighted by Gasteiger charge is 2.40. The van der Waals surface area contributed by atoms with Crippen LogP contribution in [0.25, 0.3) is 0 Å². The normalized spacial score (nSPS) is 21.7. The molecule has 0 bridgehead atoms. The van der Waals surface area contributed by atoms with Gasteiger partial charge in [-0.3, -0.25) is 0 Å². The number of hydrogen-bond acceptors (Lipinski definition) is 2. The molecule has 1 saturated carbocycles. The molecule has 2 aliphatic rings. The van der Waals surface area contributed by atoms with E-state index in [4.69, 9.17) is 4.74 Å². The zero-order valence-electron chi connectivity index (χ0n) is 12.0. The van der Waals surface area contributed by atoms with E-state index in [9.17, 15) is 4.79 Å². The van der Waals surface area contributed by atoms with Crippen LogP contribution < -0.4 is 0 Å². The van der Waals surface area contributed by atoms with Gasteiger partial charge in [-0.15, -0.1) is 0 Å². The molecule has 0 atom stereocenters. The summed E-state index contributed by atoms with van der Waals surface area (Å²) in [6.45, 7) is 1.70. The van der Waals surface area contributed by atoms with E-state index in [1.807, 2.05) is 23.1 Å². The van der Waals surface area contributed by atoms with Gasteiger partial charge in [0.05, 0.1) is 0 Å². The van der Waals surface area contributed by atoms with Crippen molar-refractivity contribution >= 4 is 6.09 Å². The number of piperidine rings is 1. The summed E-state index contributed by atoms with van der Waals surface area (Å²) in [6, 6.07) is 10.3. The SMILES string of the molecule is O=C(OC1(c2ccccc2)CCCC1)N1CCCCC1. The van der Waals surface area contributed by atoms with Gasteiger partial charge in [-0.25, -0.2) is 4.79 Å². The second kappa shape index (κ2) is 5.86. The predicted molar refractivity (Wildman–Crippen MR) is 78.5 cm³/mol. The van der Waals surface area contributed by atoms with Crippen molar-refractivity contribution in [1.82, 2.24) is 4.90 Å². The molecule has 1 saturated heterocycles. The van der Waals surface area contributed by atoms with Crippen molar-refractivity contribution in [1.29, 1.82) is 0 Å². The standard InChI is InChI=1S/C17H23NO2/c19-16(18-13-7-2-8-14-18)20-17(11-5-6-12-17)15-9-3-1-4-10-15/h1,3-4,9-10H,2,5-8,11-14H2. The van der Waals surface area contributed by atoms with Gasteiger partial charge in [-0.1, -0.05) is 30.3 Å². The van der Waals surface area contributed by atoms with Crippen molar-refractivity contribution in [3.05, 3.63) is 35.9 Å². The van der Waals surface area contributed by atoms with E-state index in [0.717, 1.165) is 57.2 Å². The fourth-order valence-corrected chi connectivity index (χ4v) is 3.45. The fourth-order valence-electron chi connectivity index (χ4n) is 3.45. The first-order chi connectivity index (χ1) is 9.80. The molecule has 0 spiro atoms. The Morgan fingerprint density at radius 2 is 1.60 bits per heavy atom. The van der Waals surface area contributed by atoms with Crippen molar-refractivity contribution in [2.24, 2.45) is 0 Å². The van der Waals surface area contributed by atoms with E-state index in [0.29, 0.717) is 0 Å². The molecular weight excluding hydrogens is 250 g/mol. The number of rotatable bonds is 2. The lowest BCUT2D eigenvalue weighted by Crippen LogP contribution is -2.41. The van der Waals surface area contributed by atoms with Gasteiger partial charge in [0.2, 0.25) is 0 Å². The number of likely N-dealkylation sites (tertiary alicyclic amines) is 1. The Hall–Kier alpha value is -1.51. The molecule has 2 fully saturated rings. The van der Waals surface area contributed by atoms with Crippen LogP contribution in [0, 0.1) is 0 Å². The van der Waals surface area contributed by atoms with Gasteiger partial charge in [0.1, 0.15) is 5.60 Å². The number of ether oxygens (including phenoxy) is 1. The van der Waals surface area contributed by atoms with Crippen LogP contribution >= 0.6 is 0 Å². The molecule has 3 heteroatoms. The molecule has 108 valence electrons. The summed E-state index contributed by atoms with van der Waals surface area (Å²) in [5.41, 5.74) is 0.776. The summed E-state index contributed by atoms with van der Waals surface area (Å²) < 4.78 is 6.01. The summed E-state index contributed by atoms with van der Waals surface area (Å²) in [4.78, 5) is 14.3. The molecule has 0 aromatic heterocycles. The van der Waals surface area contributed by atoms with Gasteiger partial charge in [0.25, 0.3) is 0 Å². The Kier molecular flexibility index (Phi) is 3.95. The van der Waals surface area contributed by atoms with Crippen molar-refractivity contribution in [2.75, 3.05) is 13.1 Å². The van der Waals surface area contributed by atoms with Crippen LogP contribution in [0.2, 0.25) is 0 Å². The van der Waals surface area contributed by atoms with E-state index in [1.54, 1.807) is 0 Å². The van der Waals surface area contributed by atoms with Gasteiger partial charge < -0.3 is 9.64 Å². The maximum atomic E-state index is 12.4. The Bertz CT molecular complexity index is 445. The minimum Gasteiger partial charge on any atom is -0.438 e. The van der Waals surface area contributed by atoms with Crippen LogP contribution in [0.1, 0.15) is 50.5 Å². The Balaban J connectivity index is 1.76. The zero-order valence-corrected chi connectivity index (χ0v) is 12.0. The number of hydrogen-bond donors (Lipinski definition) is 0. The van der Waals surface area contributed by atoms with Crippen molar-refractivity contribution in [2.45, 2.75) is 50.5 Å². The van der Waals surface area contributed by atoms with Gasteiger partial charge in [-0.05, 0) is 50.5 Å². The second-order valence-corrected chi connectivity index (χ2v) is 5.98. The summed E-state index contributed by atoms with van der Waals surface area (Å²) >= 11 is 0. The van der Waals surface area contributed by atoms with E-state index in [1.165, 1.54) is 6.42 Å². The molecule has 1 amide bonds. The van der Waals surface area contributed by atoms with Crippen LogP contribution in [0.5, 0.6) is 0 Å². The van der Waals surface area contributed by atoms with Gasteiger partial charge in [0, 0.05) is 13.1 Å². The number of carbonyl (C=O) groups is 1. The molecule has 1 aromatic carbocycles. The molecule has 3 rings (SSSR count). The van der Waals surface area contributed by atoms with Gasteiger partial charge in [-0.2, -0.15) is 0 Å². The molecule has 1 aromatic rings. The highest BCUT2D eigenvalue weighted by molar-refractivity contribution is 5.68. The third-order valence-electron chi connectivity index (χ3n) is 4.61. The molecule has 1 aliphatic heterocycles. The Morgan fingerprint density at radius 3 is 2.25 bits per heavy atom. The van der Waals surface area contributed by atoms with Crippen LogP contribution in [0.15, 0.2) is 30.3 Å². The smallest absolute Gasteiger partial charge is 0.410 e. The quantitative estimate of drug-likeness (QED) is 0.812. The maximum absolute atomic E-state index is 12.4. The fraction of sp³-hybridized carbons (Fsp3) is 0.588. The second-order valence-electron chi connectivity index (χ2n) is 5.98. The topological polar surface area (TPSA) is 29.5 Å². The molecule has 1 aliphatic carbocycles. The zero-order chi connectivity index (χ0) is 13.8. The van der Waals surface area contributed by atoms with Crippen LogP contribution in [-0.4, -0.2) is 24.1 Å². The highest BCUT2D eigenvalue weighted by atomic mass is 16.6. The minimum absolute atomic E-state index is 0.115. The van der Waals surface area contributed by atoms with Gasteiger partial charge >= 0.3 is 6.09 Å². The monoisotopic (exact) mass is 273 g/mol. The van der Waals surface area contributed by atoms with Crippen molar-refractivity contribution in [3.8, 4) is 0 Å². The molecule has 20 heavy (non-hydrogen) atoms. The number of carbonyl (C=O) groups excluding carboxylic acids is 1. The Labute approximate surface area is 120 Å². The Morgan fingerprint density at radius 1 is 0.950 bits per heavy atom. The van der Waals surface area contributed by atoms with Crippen LogP contribution in [0.3, 0.4) is 0 Å². The lowest BCUT2D eigenvalue weighted by molar-refractivity contribution is -0.0120. The predicted octanol–water partition coefficient (Wildman–Crippen LogP) is 4.08. The third-order valence-corrected chi connectivity index (χ3v) is 4.61. The lowest BCUT2D eigenvalue weighted by atomic mass is 9.92. The lowest BCUT2D eigenvalue weighted by Gasteiger charge is -2.34. The molecular formula is C17H23NO2. The van der Waals surface area contributed by atoms with E-state index >= 15 is 0 Å². The summed E-state index contributed by atoms with van der Waals surface area (Å²) in [5, 5.41) is 0. The van der Waals surface area contributed by atoms with Crippen molar-refractivity contribution < 1.29 is 9.53 Å². The molecule has 0 radical (unpaired) electrons. The molecule has 1 heterocycles. The summed E-state index contributed by atoms with van der Waals surface area (Å²) in [7, 11) is 0. The maximum Gasteiger partial charge on any atom is 0.410 e. The first kappa shape index (κ1) is 13.5. The highest BCUT2D eigenvalue weighted by Crippen LogP contribution is 2.42. The number of nitrogens with zero attached hydrogens (tertiary/aromatic N) is 1. The van der Waals surface area contributed by atoms with Crippen LogP contribution in [-0.2, 0) is 10.3 Å². The summed E-state index contributed by atoms with van der Waals surface area (Å²) in [5.74, 6) is 0. The first-order valence-corrected chi connectivity index (χ1v) is 7.84. The third kappa shape index (κ3) is 2.67. The largest absolute Gasteiger partial charge is 0.438 e. The summed E-state index contributed by atoms with van der Waals surface area (Å²) in [6.07, 6.45) is 7.52. The van der Waals surface area contributed by atoms with E-state index in [2.05, 4.69) is 12.1 Å². The molecule has 0 unspecified atom stereocenters. The number of amides is 1. The number of benzene rings is 1. The minimum atomic E-state index is -0.379. The van der Waals surface area contributed by atoms with Gasteiger partial charge in [0.15, 0.2) is 0 Å². The van der Waals surface area contributed by atoms with Crippen LogP contribution in [0.4, 0.5) is 4.79 Å². The molecule has 0 N–H and O–H groups in total. The van der Waals surface area contributed by atoms with Crippen molar-refractivity contribution in [3.63, 3.8) is 0 Å². The average Bonchev–Trinajstić information content (AvgIpc) is 2.99. The van der Waals surface area contributed by atoms with E-state index in [-0.39, 0.29) is 11.7 Å². The first-order valence-electron chi connectivity index (χ1n) is 7.84. The average molecular weight is 273 g/mol.